The van der Waals surface area contributed by atoms with Crippen molar-refractivity contribution in [2.45, 2.75) is 43.8 Å². The van der Waals surface area contributed by atoms with Gasteiger partial charge in [0.1, 0.15) is 5.65 Å². The standard InChI is InChI=1S/C23H22N6O2/c24-11-13-3-1-2-4-17(13)23(31)29-15-5-6-16(29)10-14(9-15)28-20-18-7-8-26-22(18)27-12-19(20)21(25)30/h1-4,7-8,12,14-16H,5-6,9-10H2,(H2,25,30)(H2,26,27,28)/t15-,16-/m0/s1. The highest BCUT2D eigenvalue weighted by molar-refractivity contribution is 6.06. The molecule has 0 aliphatic carbocycles. The molecule has 4 heterocycles. The highest BCUT2D eigenvalue weighted by atomic mass is 16.2. The van der Waals surface area contributed by atoms with Crippen molar-refractivity contribution >= 4 is 28.5 Å². The molecular formula is C23H22N6O2. The first-order valence-electron chi connectivity index (χ1n) is 10.4. The third kappa shape index (κ3) is 3.19. The van der Waals surface area contributed by atoms with E-state index in [1.165, 1.54) is 6.20 Å². The first-order chi connectivity index (χ1) is 15.1. The van der Waals surface area contributed by atoms with E-state index in [0.29, 0.717) is 28.0 Å². The Kier molecular flexibility index (Phi) is 4.59. The molecule has 0 spiro atoms. The lowest BCUT2D eigenvalue weighted by molar-refractivity contribution is 0.0582. The van der Waals surface area contributed by atoms with Gasteiger partial charge < -0.3 is 20.9 Å². The maximum atomic E-state index is 13.3. The van der Waals surface area contributed by atoms with E-state index >= 15 is 0 Å². The second-order valence-electron chi connectivity index (χ2n) is 8.22. The fraction of sp³-hybridized carbons (Fsp3) is 0.304. The zero-order chi connectivity index (χ0) is 21.5. The summed E-state index contributed by atoms with van der Waals surface area (Å²) < 4.78 is 0. The molecule has 2 saturated heterocycles. The SMILES string of the molecule is N#Cc1ccccc1C(=O)N1[C@H]2CC[C@H]1CC(Nc1c(C(N)=O)cnc3[nH]ccc13)C2. The molecule has 8 nitrogen and oxygen atoms in total. The van der Waals surface area contributed by atoms with Gasteiger partial charge in [0, 0.05) is 35.9 Å². The summed E-state index contributed by atoms with van der Waals surface area (Å²) in [7, 11) is 0. The number of nitrogens with two attached hydrogens (primary N) is 1. The monoisotopic (exact) mass is 414 g/mol. The van der Waals surface area contributed by atoms with Crippen LogP contribution in [0.5, 0.6) is 0 Å². The number of piperidine rings is 1. The summed E-state index contributed by atoms with van der Waals surface area (Å²) in [5.41, 5.74) is 8.21. The summed E-state index contributed by atoms with van der Waals surface area (Å²) >= 11 is 0. The van der Waals surface area contributed by atoms with Gasteiger partial charge in [-0.25, -0.2) is 4.98 Å². The molecule has 2 aromatic heterocycles. The largest absolute Gasteiger partial charge is 0.381 e. The van der Waals surface area contributed by atoms with E-state index in [0.717, 1.165) is 31.1 Å². The lowest BCUT2D eigenvalue weighted by Gasteiger charge is -2.40. The summed E-state index contributed by atoms with van der Waals surface area (Å²) in [5, 5.41) is 13.7. The number of aromatic nitrogens is 2. The van der Waals surface area contributed by atoms with Crippen molar-refractivity contribution in [3.8, 4) is 6.07 Å². The van der Waals surface area contributed by atoms with Crippen LogP contribution in [0.15, 0.2) is 42.7 Å². The summed E-state index contributed by atoms with van der Waals surface area (Å²) in [4.78, 5) is 34.5. The van der Waals surface area contributed by atoms with E-state index in [-0.39, 0.29) is 24.0 Å². The molecule has 2 aliphatic heterocycles. The van der Waals surface area contributed by atoms with Gasteiger partial charge >= 0.3 is 0 Å². The van der Waals surface area contributed by atoms with Crippen LogP contribution >= 0.6 is 0 Å². The van der Waals surface area contributed by atoms with Gasteiger partial charge in [0.15, 0.2) is 0 Å². The van der Waals surface area contributed by atoms with Crippen LogP contribution in [0.4, 0.5) is 5.69 Å². The summed E-state index contributed by atoms with van der Waals surface area (Å²) in [6.45, 7) is 0. The van der Waals surface area contributed by atoms with Gasteiger partial charge in [0.05, 0.1) is 28.4 Å². The van der Waals surface area contributed by atoms with Crippen molar-refractivity contribution < 1.29 is 9.59 Å². The molecule has 0 unspecified atom stereocenters. The van der Waals surface area contributed by atoms with Gasteiger partial charge in [0.25, 0.3) is 11.8 Å². The highest BCUT2D eigenvalue weighted by Gasteiger charge is 2.44. The number of hydrogen-bond acceptors (Lipinski definition) is 5. The number of hydrogen-bond donors (Lipinski definition) is 3. The fourth-order valence-corrected chi connectivity index (χ4v) is 5.09. The van der Waals surface area contributed by atoms with Crippen molar-refractivity contribution in [2.75, 3.05) is 5.32 Å². The summed E-state index contributed by atoms with van der Waals surface area (Å²) in [5.74, 6) is -0.598. The maximum absolute atomic E-state index is 13.3. The number of nitriles is 1. The van der Waals surface area contributed by atoms with Crippen LogP contribution in [-0.2, 0) is 0 Å². The molecule has 2 fully saturated rings. The highest BCUT2D eigenvalue weighted by Crippen LogP contribution is 2.39. The first-order valence-corrected chi connectivity index (χ1v) is 10.4. The minimum absolute atomic E-state index is 0.0714. The van der Waals surface area contributed by atoms with E-state index in [2.05, 4.69) is 21.4 Å². The molecule has 3 aromatic rings. The van der Waals surface area contributed by atoms with Crippen LogP contribution < -0.4 is 11.1 Å². The van der Waals surface area contributed by atoms with Crippen LogP contribution in [-0.4, -0.2) is 44.8 Å². The van der Waals surface area contributed by atoms with Crippen LogP contribution in [0.3, 0.4) is 0 Å². The number of carbonyl (C=O) groups excluding carboxylic acids is 2. The Bertz CT molecular complexity index is 1210. The molecule has 2 aliphatic rings. The number of amides is 2. The predicted molar refractivity (Wildman–Crippen MR) is 115 cm³/mol. The number of primary amides is 1. The van der Waals surface area contributed by atoms with E-state index in [9.17, 15) is 14.9 Å². The van der Waals surface area contributed by atoms with Crippen molar-refractivity contribution in [3.05, 3.63) is 59.4 Å². The van der Waals surface area contributed by atoms with E-state index in [4.69, 9.17) is 5.73 Å². The number of fused-ring (bicyclic) bond motifs is 3. The van der Waals surface area contributed by atoms with Gasteiger partial charge in [-0.15, -0.1) is 0 Å². The second kappa shape index (κ2) is 7.43. The Balaban J connectivity index is 1.40. The van der Waals surface area contributed by atoms with Crippen molar-refractivity contribution in [1.82, 2.24) is 14.9 Å². The second-order valence-corrected chi connectivity index (χ2v) is 8.22. The Morgan fingerprint density at radius 3 is 2.61 bits per heavy atom. The number of nitrogens with one attached hydrogen (secondary N) is 2. The molecule has 5 rings (SSSR count). The molecule has 2 bridgehead atoms. The Morgan fingerprint density at radius 2 is 1.90 bits per heavy atom. The van der Waals surface area contributed by atoms with Crippen molar-refractivity contribution in [3.63, 3.8) is 0 Å². The summed E-state index contributed by atoms with van der Waals surface area (Å²) in [6, 6.07) is 11.3. The van der Waals surface area contributed by atoms with Crippen LogP contribution in [0.2, 0.25) is 0 Å². The number of rotatable bonds is 4. The van der Waals surface area contributed by atoms with E-state index < -0.39 is 5.91 Å². The number of aromatic amines is 1. The molecular weight excluding hydrogens is 392 g/mol. The molecule has 8 heteroatoms. The minimum Gasteiger partial charge on any atom is -0.381 e. The van der Waals surface area contributed by atoms with E-state index in [1.807, 2.05) is 11.0 Å². The third-order valence-corrected chi connectivity index (χ3v) is 6.45. The normalized spacial score (nSPS) is 22.3. The van der Waals surface area contributed by atoms with Gasteiger partial charge in [-0.1, -0.05) is 12.1 Å². The Morgan fingerprint density at radius 1 is 1.16 bits per heavy atom. The van der Waals surface area contributed by atoms with Crippen molar-refractivity contribution in [1.29, 1.82) is 5.26 Å². The number of anilines is 1. The molecule has 31 heavy (non-hydrogen) atoms. The smallest absolute Gasteiger partial charge is 0.255 e. The lowest BCUT2D eigenvalue weighted by Crippen LogP contribution is -2.50. The van der Waals surface area contributed by atoms with Gasteiger partial charge in [-0.05, 0) is 43.9 Å². The van der Waals surface area contributed by atoms with Crippen LogP contribution in [0.25, 0.3) is 11.0 Å². The Labute approximate surface area is 179 Å². The number of pyridine rings is 1. The quantitative estimate of drug-likeness (QED) is 0.605. The molecule has 2 atom stereocenters. The number of benzene rings is 1. The average Bonchev–Trinajstić information content (AvgIpc) is 3.36. The third-order valence-electron chi connectivity index (χ3n) is 6.45. The molecule has 2 amide bonds. The maximum Gasteiger partial charge on any atom is 0.255 e. The number of carbonyl (C=O) groups is 2. The topological polar surface area (TPSA) is 128 Å². The average molecular weight is 414 g/mol. The number of nitrogens with zero attached hydrogens (tertiary/aromatic N) is 3. The van der Waals surface area contributed by atoms with Gasteiger partial charge in [-0.2, -0.15) is 5.26 Å². The van der Waals surface area contributed by atoms with Crippen LogP contribution in [0, 0.1) is 11.3 Å². The first kappa shape index (κ1) is 19.1. The van der Waals surface area contributed by atoms with Crippen molar-refractivity contribution in [2.24, 2.45) is 5.73 Å². The summed E-state index contributed by atoms with van der Waals surface area (Å²) in [6.07, 6.45) is 6.68. The minimum atomic E-state index is -0.526. The van der Waals surface area contributed by atoms with Gasteiger partial charge in [0.2, 0.25) is 0 Å². The van der Waals surface area contributed by atoms with Crippen LogP contribution in [0.1, 0.15) is 52.0 Å². The number of H-pyrrole nitrogens is 1. The zero-order valence-corrected chi connectivity index (χ0v) is 16.8. The molecule has 1 aromatic carbocycles. The molecule has 4 N–H and O–H groups in total. The molecule has 0 saturated carbocycles. The Hall–Kier alpha value is -3.86. The fourth-order valence-electron chi connectivity index (χ4n) is 5.09. The molecule has 0 radical (unpaired) electrons. The zero-order valence-electron chi connectivity index (χ0n) is 16.8. The van der Waals surface area contributed by atoms with E-state index in [1.54, 1.807) is 30.5 Å². The van der Waals surface area contributed by atoms with Gasteiger partial charge in [-0.3, -0.25) is 9.59 Å². The predicted octanol–water partition coefficient (Wildman–Crippen LogP) is 2.78. The lowest BCUT2D eigenvalue weighted by atomic mass is 9.95. The molecule has 156 valence electrons.